The standard InChI is InChI=1S/C20H21N7O2S/c1-12-8-22-15(23-9-12)11-24-19(28)18-20(29)30-17(27-18)6-7-21-10-16-25-13-4-2-3-5-14(13)26-16/h2-5,8-9,21,29H,6-7,10-11H2,1H3,(H,24,28)(H,25,26). The number of nitrogens with zero attached hydrogens (tertiary/aromatic N) is 4. The Morgan fingerprint density at radius 1 is 1.17 bits per heavy atom. The first-order chi connectivity index (χ1) is 14.6. The first kappa shape index (κ1) is 19.9. The van der Waals surface area contributed by atoms with Crippen molar-refractivity contribution in [2.24, 2.45) is 0 Å². The number of aryl methyl sites for hydroxylation is 1. The number of amides is 1. The van der Waals surface area contributed by atoms with Crippen LogP contribution >= 0.6 is 11.3 Å². The predicted molar refractivity (Wildman–Crippen MR) is 113 cm³/mol. The van der Waals surface area contributed by atoms with Crippen LogP contribution in [0, 0.1) is 6.92 Å². The van der Waals surface area contributed by atoms with Gasteiger partial charge in [0.15, 0.2) is 5.69 Å². The number of hydrogen-bond donors (Lipinski definition) is 4. The van der Waals surface area contributed by atoms with Crippen LogP contribution in [0.2, 0.25) is 0 Å². The Balaban J connectivity index is 1.26. The van der Waals surface area contributed by atoms with E-state index in [1.165, 1.54) is 0 Å². The molecule has 0 aliphatic rings. The minimum Gasteiger partial charge on any atom is -0.498 e. The van der Waals surface area contributed by atoms with Crippen LogP contribution in [0.3, 0.4) is 0 Å². The fourth-order valence-corrected chi connectivity index (χ4v) is 3.65. The number of hydrogen-bond acceptors (Lipinski definition) is 8. The van der Waals surface area contributed by atoms with Gasteiger partial charge in [-0.3, -0.25) is 4.79 Å². The zero-order valence-corrected chi connectivity index (χ0v) is 17.2. The van der Waals surface area contributed by atoms with Gasteiger partial charge < -0.3 is 20.7 Å². The van der Waals surface area contributed by atoms with Crippen LogP contribution < -0.4 is 10.6 Å². The number of carbonyl (C=O) groups excluding carboxylic acids is 1. The Kier molecular flexibility index (Phi) is 5.96. The molecule has 0 unspecified atom stereocenters. The lowest BCUT2D eigenvalue weighted by Gasteiger charge is -2.02. The summed E-state index contributed by atoms with van der Waals surface area (Å²) in [5.41, 5.74) is 2.91. The van der Waals surface area contributed by atoms with E-state index in [0.29, 0.717) is 30.3 Å². The van der Waals surface area contributed by atoms with Crippen LogP contribution in [0.25, 0.3) is 11.0 Å². The van der Waals surface area contributed by atoms with Gasteiger partial charge in [-0.05, 0) is 24.6 Å². The molecule has 0 saturated heterocycles. The minimum atomic E-state index is -0.450. The van der Waals surface area contributed by atoms with Gasteiger partial charge in [0.25, 0.3) is 5.91 Å². The van der Waals surface area contributed by atoms with Crippen LogP contribution in [0.4, 0.5) is 0 Å². The molecule has 1 aromatic carbocycles. The minimum absolute atomic E-state index is 0.0272. The van der Waals surface area contributed by atoms with E-state index >= 15 is 0 Å². The highest BCUT2D eigenvalue weighted by molar-refractivity contribution is 7.13. The SMILES string of the molecule is Cc1cnc(CNC(=O)c2nc(CCNCc3nc4ccccc4[nH]3)sc2O)nc1. The number of thiazole rings is 1. The highest BCUT2D eigenvalue weighted by atomic mass is 32.1. The average molecular weight is 424 g/mol. The third kappa shape index (κ3) is 4.78. The number of benzene rings is 1. The molecule has 3 heterocycles. The van der Waals surface area contributed by atoms with Crippen LogP contribution in [-0.2, 0) is 19.5 Å². The lowest BCUT2D eigenvalue weighted by Crippen LogP contribution is -2.24. The van der Waals surface area contributed by atoms with Gasteiger partial charge in [0, 0.05) is 25.4 Å². The number of fused-ring (bicyclic) bond motifs is 1. The Morgan fingerprint density at radius 3 is 2.77 bits per heavy atom. The Morgan fingerprint density at radius 2 is 1.97 bits per heavy atom. The molecule has 4 rings (SSSR count). The molecule has 154 valence electrons. The third-order valence-electron chi connectivity index (χ3n) is 4.36. The molecule has 3 aromatic heterocycles. The van der Waals surface area contributed by atoms with E-state index in [2.05, 4.69) is 35.6 Å². The van der Waals surface area contributed by atoms with Crippen LogP contribution in [0.1, 0.15) is 32.7 Å². The van der Waals surface area contributed by atoms with E-state index < -0.39 is 5.91 Å². The molecule has 10 heteroatoms. The van der Waals surface area contributed by atoms with Gasteiger partial charge in [0.2, 0.25) is 5.06 Å². The molecule has 0 aliphatic carbocycles. The van der Waals surface area contributed by atoms with Crippen molar-refractivity contribution in [1.82, 2.24) is 35.6 Å². The number of carbonyl (C=O) groups is 1. The lowest BCUT2D eigenvalue weighted by molar-refractivity contribution is 0.0943. The summed E-state index contributed by atoms with van der Waals surface area (Å²) in [5.74, 6) is 0.907. The maximum absolute atomic E-state index is 12.3. The van der Waals surface area contributed by atoms with Crippen LogP contribution in [0.5, 0.6) is 5.06 Å². The first-order valence-electron chi connectivity index (χ1n) is 9.47. The van der Waals surface area contributed by atoms with Crippen molar-refractivity contribution in [3.63, 3.8) is 0 Å². The second kappa shape index (κ2) is 8.97. The summed E-state index contributed by atoms with van der Waals surface area (Å²) in [6, 6.07) is 7.87. The van der Waals surface area contributed by atoms with Gasteiger partial charge in [-0.1, -0.05) is 23.5 Å². The van der Waals surface area contributed by atoms with Gasteiger partial charge in [0.05, 0.1) is 29.1 Å². The zero-order valence-electron chi connectivity index (χ0n) is 16.3. The molecule has 0 atom stereocenters. The number of aromatic nitrogens is 5. The van der Waals surface area contributed by atoms with E-state index in [1.807, 2.05) is 31.2 Å². The molecule has 0 spiro atoms. The molecule has 0 saturated carbocycles. The molecule has 1 amide bonds. The highest BCUT2D eigenvalue weighted by Gasteiger charge is 2.18. The highest BCUT2D eigenvalue weighted by Crippen LogP contribution is 2.25. The number of nitrogens with one attached hydrogen (secondary N) is 3. The smallest absolute Gasteiger partial charge is 0.275 e. The second-order valence-electron chi connectivity index (χ2n) is 6.75. The fraction of sp³-hybridized carbons (Fsp3) is 0.250. The number of H-pyrrole nitrogens is 1. The van der Waals surface area contributed by atoms with Crippen LogP contribution in [-0.4, -0.2) is 42.5 Å². The van der Waals surface area contributed by atoms with Gasteiger partial charge in [-0.2, -0.15) is 0 Å². The molecular formula is C20H21N7O2S. The number of imidazole rings is 1. The largest absolute Gasteiger partial charge is 0.498 e. The topological polar surface area (TPSA) is 129 Å². The molecule has 0 bridgehead atoms. The molecular weight excluding hydrogens is 402 g/mol. The second-order valence-corrected chi connectivity index (χ2v) is 7.81. The Bertz CT molecular complexity index is 1120. The normalized spacial score (nSPS) is 11.1. The molecule has 0 radical (unpaired) electrons. The summed E-state index contributed by atoms with van der Waals surface area (Å²) < 4.78 is 0. The van der Waals surface area contributed by atoms with Crippen molar-refractivity contribution in [1.29, 1.82) is 0 Å². The summed E-state index contributed by atoms with van der Waals surface area (Å²) in [5, 5.41) is 16.6. The van der Waals surface area contributed by atoms with Crippen LogP contribution in [0.15, 0.2) is 36.7 Å². The van der Waals surface area contributed by atoms with Gasteiger partial charge in [0.1, 0.15) is 11.6 Å². The average Bonchev–Trinajstić information content (AvgIpc) is 3.33. The maximum atomic E-state index is 12.3. The number of para-hydroxylation sites is 2. The molecule has 9 nitrogen and oxygen atoms in total. The number of rotatable bonds is 8. The molecule has 4 N–H and O–H groups in total. The van der Waals surface area contributed by atoms with Crippen molar-refractivity contribution in [2.45, 2.75) is 26.4 Å². The monoisotopic (exact) mass is 423 g/mol. The molecule has 0 aliphatic heterocycles. The molecule has 4 aromatic rings. The summed E-state index contributed by atoms with van der Waals surface area (Å²) in [6.07, 6.45) is 3.96. The van der Waals surface area contributed by atoms with Crippen molar-refractivity contribution < 1.29 is 9.90 Å². The quantitative estimate of drug-likeness (QED) is 0.319. The van der Waals surface area contributed by atoms with Crippen molar-refractivity contribution in [3.8, 4) is 5.06 Å². The van der Waals surface area contributed by atoms with E-state index in [1.54, 1.807) is 12.4 Å². The van der Waals surface area contributed by atoms with Crippen molar-refractivity contribution in [3.05, 3.63) is 64.6 Å². The predicted octanol–water partition coefficient (Wildman–Crippen LogP) is 2.09. The summed E-state index contributed by atoms with van der Waals surface area (Å²) >= 11 is 1.11. The van der Waals surface area contributed by atoms with Crippen molar-refractivity contribution in [2.75, 3.05) is 6.54 Å². The Hall–Kier alpha value is -3.37. The van der Waals surface area contributed by atoms with Crippen molar-refractivity contribution >= 4 is 28.3 Å². The summed E-state index contributed by atoms with van der Waals surface area (Å²) in [6.45, 7) is 3.30. The van der Waals surface area contributed by atoms with E-state index in [4.69, 9.17) is 0 Å². The third-order valence-corrected chi connectivity index (χ3v) is 5.27. The lowest BCUT2D eigenvalue weighted by atomic mass is 10.3. The fourth-order valence-electron chi connectivity index (χ4n) is 2.86. The molecule has 0 fully saturated rings. The van der Waals surface area contributed by atoms with E-state index in [0.717, 1.165) is 33.8 Å². The van der Waals surface area contributed by atoms with E-state index in [9.17, 15) is 9.90 Å². The zero-order chi connectivity index (χ0) is 20.9. The number of aromatic amines is 1. The van der Waals surface area contributed by atoms with Gasteiger partial charge >= 0.3 is 0 Å². The maximum Gasteiger partial charge on any atom is 0.275 e. The Labute approximate surface area is 176 Å². The summed E-state index contributed by atoms with van der Waals surface area (Å²) in [4.78, 5) is 32.6. The summed E-state index contributed by atoms with van der Waals surface area (Å²) in [7, 11) is 0. The first-order valence-corrected chi connectivity index (χ1v) is 10.3. The molecule has 30 heavy (non-hydrogen) atoms. The van der Waals surface area contributed by atoms with Gasteiger partial charge in [-0.25, -0.2) is 19.9 Å². The van der Waals surface area contributed by atoms with E-state index in [-0.39, 0.29) is 17.3 Å². The van der Waals surface area contributed by atoms with Gasteiger partial charge in [-0.15, -0.1) is 0 Å². The number of aromatic hydroxyl groups is 1.